The third kappa shape index (κ3) is 56.9. The number of unbranched alkanes of at least 4 members (excludes halogenated alkanes) is 8. The number of carbonyl (C=O) groups excluding carboxylic acids is 1. The second-order valence-corrected chi connectivity index (χ2v) is 19.9. The normalized spacial score (nSPS) is 14.7. The number of esters is 1. The van der Waals surface area contributed by atoms with Crippen molar-refractivity contribution in [1.29, 1.82) is 0 Å². The number of hydrogen-bond acceptors (Lipinski definition) is 7. The van der Waals surface area contributed by atoms with Crippen molar-refractivity contribution in [3.05, 3.63) is 158 Å². The minimum atomic E-state index is -4.57. The Morgan fingerprint density at radius 3 is 1.15 bits per heavy atom. The molecule has 0 saturated heterocycles. The minimum absolute atomic E-state index is 0.00355. The van der Waals surface area contributed by atoms with Crippen molar-refractivity contribution in [2.45, 2.75) is 174 Å². The summed E-state index contributed by atoms with van der Waals surface area (Å²) in [5, 5.41) is 0. The van der Waals surface area contributed by atoms with Crippen LogP contribution in [-0.4, -0.2) is 70.7 Å². The molecule has 0 aliphatic carbocycles. The molecule has 0 bridgehead atoms. The summed E-state index contributed by atoms with van der Waals surface area (Å²) in [5.41, 5.74) is 0. The van der Waals surface area contributed by atoms with E-state index in [0.717, 1.165) is 141 Å². The van der Waals surface area contributed by atoms with Gasteiger partial charge in [0.1, 0.15) is 19.3 Å². The zero-order chi connectivity index (χ0) is 51.9. The third-order valence-electron chi connectivity index (χ3n) is 10.6. The maximum absolute atomic E-state index is 12.8. The summed E-state index contributed by atoms with van der Waals surface area (Å²) in [6, 6.07) is 0. The standard InChI is InChI=1S/C62H100NO7P/c1-6-8-10-12-14-16-18-20-22-24-26-28-30-32-33-35-37-39-41-43-45-47-49-51-53-55-62(64)70-61(60-69-71(65,66)68-58-56-63(3,4)5)59-67-57-54-52-50-48-46-44-42-40-38-36-34-31-29-27-25-23-21-19-17-15-13-11-9-7-2/h8-11,14-17,20-23,26-29,32-34,36-37,39-40,42,46,48,61H,6-7,12-13,18-19,24-25,30-31,35,38,41,43-45,47,49-60H2,1-5H3/b10-8-,11-9-,16-14-,17-15-,22-20-,23-21-,28-26-,29-27-,33-32-,36-34-,39-37-,42-40-,48-46-. The first kappa shape index (κ1) is 67.1. The molecule has 0 aliphatic rings. The summed E-state index contributed by atoms with van der Waals surface area (Å²) in [6.07, 6.45) is 79.9. The molecule has 0 aliphatic heterocycles. The van der Waals surface area contributed by atoms with Crippen LogP contribution in [0.5, 0.6) is 0 Å². The van der Waals surface area contributed by atoms with Gasteiger partial charge in [0.2, 0.25) is 0 Å². The Balaban J connectivity index is 4.31. The van der Waals surface area contributed by atoms with Gasteiger partial charge in [0.05, 0.1) is 34.4 Å². The van der Waals surface area contributed by atoms with Gasteiger partial charge in [0.25, 0.3) is 7.82 Å². The molecule has 2 atom stereocenters. The van der Waals surface area contributed by atoms with Crippen molar-refractivity contribution < 1.29 is 37.3 Å². The first-order chi connectivity index (χ1) is 34.6. The Morgan fingerprint density at radius 2 is 0.775 bits per heavy atom. The number of ether oxygens (including phenoxy) is 2. The predicted octanol–water partition coefficient (Wildman–Crippen LogP) is 16.8. The van der Waals surface area contributed by atoms with Crippen molar-refractivity contribution in [3.8, 4) is 0 Å². The van der Waals surface area contributed by atoms with Crippen LogP contribution in [-0.2, 0) is 27.9 Å². The molecule has 9 heteroatoms. The van der Waals surface area contributed by atoms with Crippen LogP contribution in [0.15, 0.2) is 158 Å². The van der Waals surface area contributed by atoms with E-state index in [1.54, 1.807) is 0 Å². The van der Waals surface area contributed by atoms with Crippen molar-refractivity contribution in [3.63, 3.8) is 0 Å². The maximum atomic E-state index is 12.8. The van der Waals surface area contributed by atoms with E-state index in [1.807, 2.05) is 21.1 Å². The number of rotatable bonds is 48. The SMILES string of the molecule is CC/C=C\C/C=C\C/C=C\C/C=C\C/C=C\C/C=C\C/C=C\CCCCOCC(COP(=O)([O-])OCC[N+](C)(C)C)OC(=O)CCCCCCCC/C=C\C/C=C\C/C=C\C/C=C\C/C=C\C/C=C\CC. The first-order valence-electron chi connectivity index (χ1n) is 27.2. The molecule has 0 heterocycles. The van der Waals surface area contributed by atoms with Crippen LogP contribution in [0.2, 0.25) is 0 Å². The molecule has 0 radical (unpaired) electrons. The second kappa shape index (κ2) is 52.4. The van der Waals surface area contributed by atoms with E-state index in [2.05, 4.69) is 172 Å². The highest BCUT2D eigenvalue weighted by atomic mass is 31.2. The van der Waals surface area contributed by atoms with Crippen LogP contribution in [0.25, 0.3) is 0 Å². The lowest BCUT2D eigenvalue weighted by molar-refractivity contribution is -0.870. The molecule has 0 N–H and O–H groups in total. The van der Waals surface area contributed by atoms with Crippen LogP contribution in [0.1, 0.15) is 168 Å². The lowest BCUT2D eigenvalue weighted by Crippen LogP contribution is -2.37. The lowest BCUT2D eigenvalue weighted by atomic mass is 10.1. The zero-order valence-corrected chi connectivity index (χ0v) is 46.2. The van der Waals surface area contributed by atoms with E-state index in [9.17, 15) is 14.3 Å². The first-order valence-corrected chi connectivity index (χ1v) is 28.7. The fourth-order valence-corrected chi connectivity index (χ4v) is 7.20. The number of hydrogen-bond donors (Lipinski definition) is 0. The number of phosphoric acid groups is 1. The molecule has 71 heavy (non-hydrogen) atoms. The summed E-state index contributed by atoms with van der Waals surface area (Å²) in [7, 11) is 1.29. The van der Waals surface area contributed by atoms with Gasteiger partial charge >= 0.3 is 5.97 Å². The van der Waals surface area contributed by atoms with E-state index >= 15 is 0 Å². The Labute approximate surface area is 435 Å². The topological polar surface area (TPSA) is 94.1 Å². The van der Waals surface area contributed by atoms with Crippen molar-refractivity contribution >= 4 is 13.8 Å². The van der Waals surface area contributed by atoms with Gasteiger partial charge < -0.3 is 27.9 Å². The largest absolute Gasteiger partial charge is 0.756 e. The summed E-state index contributed by atoms with van der Waals surface area (Å²) in [4.78, 5) is 25.2. The number of quaternary nitrogens is 1. The molecule has 2 unspecified atom stereocenters. The molecule has 0 fully saturated rings. The minimum Gasteiger partial charge on any atom is -0.756 e. The molecular formula is C62H100NO7P. The van der Waals surface area contributed by atoms with Crippen LogP contribution in [0.3, 0.4) is 0 Å². The third-order valence-corrected chi connectivity index (χ3v) is 11.5. The van der Waals surface area contributed by atoms with Gasteiger partial charge in [-0.2, -0.15) is 0 Å². The smallest absolute Gasteiger partial charge is 0.306 e. The summed E-state index contributed by atoms with van der Waals surface area (Å²) >= 11 is 0. The highest BCUT2D eigenvalue weighted by Crippen LogP contribution is 2.38. The molecule has 0 rings (SSSR count). The van der Waals surface area contributed by atoms with Crippen molar-refractivity contribution in [2.24, 2.45) is 0 Å². The Bertz CT molecular complexity index is 1680. The molecule has 8 nitrogen and oxygen atoms in total. The van der Waals surface area contributed by atoms with Crippen LogP contribution in [0, 0.1) is 0 Å². The molecule has 0 saturated carbocycles. The molecular weight excluding hydrogens is 902 g/mol. The number of nitrogens with zero attached hydrogens (tertiary/aromatic N) is 1. The van der Waals surface area contributed by atoms with E-state index < -0.39 is 13.9 Å². The average molecular weight is 1000 g/mol. The average Bonchev–Trinajstić information content (AvgIpc) is 3.33. The monoisotopic (exact) mass is 1000 g/mol. The van der Waals surface area contributed by atoms with Gasteiger partial charge in [-0.15, -0.1) is 0 Å². The van der Waals surface area contributed by atoms with Gasteiger partial charge in [0, 0.05) is 13.0 Å². The van der Waals surface area contributed by atoms with Gasteiger partial charge in [-0.05, 0) is 122 Å². The van der Waals surface area contributed by atoms with Crippen LogP contribution >= 0.6 is 7.82 Å². The molecule has 0 aromatic heterocycles. The number of likely N-dealkylation sites (N-methyl/N-ethyl adjacent to an activating group) is 1. The van der Waals surface area contributed by atoms with Crippen molar-refractivity contribution in [1.82, 2.24) is 0 Å². The quantitative estimate of drug-likeness (QED) is 0.0197. The second-order valence-electron chi connectivity index (χ2n) is 18.5. The fourth-order valence-electron chi connectivity index (χ4n) is 6.47. The summed E-state index contributed by atoms with van der Waals surface area (Å²) in [5.74, 6) is -0.372. The Hall–Kier alpha value is -3.88. The lowest BCUT2D eigenvalue weighted by Gasteiger charge is -2.28. The van der Waals surface area contributed by atoms with E-state index in [-0.39, 0.29) is 32.2 Å². The molecule has 0 aromatic carbocycles. The molecule has 0 spiro atoms. The highest BCUT2D eigenvalue weighted by molar-refractivity contribution is 7.45. The molecule has 0 aromatic rings. The summed E-state index contributed by atoms with van der Waals surface area (Å²) < 4.78 is 34.7. The number of allylic oxidation sites excluding steroid dienone is 26. The molecule has 0 amide bonds. The zero-order valence-electron chi connectivity index (χ0n) is 45.3. The van der Waals surface area contributed by atoms with Crippen LogP contribution in [0.4, 0.5) is 0 Å². The fraction of sp³-hybridized carbons (Fsp3) is 0.565. The van der Waals surface area contributed by atoms with Gasteiger partial charge in [0.15, 0.2) is 0 Å². The maximum Gasteiger partial charge on any atom is 0.306 e. The summed E-state index contributed by atoms with van der Waals surface area (Å²) in [6.45, 7) is 5.00. The highest BCUT2D eigenvalue weighted by Gasteiger charge is 2.20. The van der Waals surface area contributed by atoms with Gasteiger partial charge in [-0.3, -0.25) is 9.36 Å². The van der Waals surface area contributed by atoms with E-state index in [0.29, 0.717) is 17.6 Å². The number of phosphoric ester groups is 1. The Morgan fingerprint density at radius 1 is 0.437 bits per heavy atom. The van der Waals surface area contributed by atoms with Gasteiger partial charge in [-0.25, -0.2) is 0 Å². The van der Waals surface area contributed by atoms with E-state index in [1.165, 1.54) is 6.42 Å². The number of carbonyl (C=O) groups is 1. The van der Waals surface area contributed by atoms with Crippen LogP contribution < -0.4 is 4.89 Å². The predicted molar refractivity (Wildman–Crippen MR) is 304 cm³/mol. The molecule has 400 valence electrons. The van der Waals surface area contributed by atoms with Crippen molar-refractivity contribution in [2.75, 3.05) is 54.1 Å². The van der Waals surface area contributed by atoms with Gasteiger partial charge in [-0.1, -0.05) is 198 Å². The Kier molecular flexibility index (Phi) is 49.6. The van der Waals surface area contributed by atoms with E-state index in [4.69, 9.17) is 18.5 Å².